The summed E-state index contributed by atoms with van der Waals surface area (Å²) in [6, 6.07) is 18.8. The molecule has 0 aliphatic rings. The SMILES string of the molecule is Cc1cccc(NC(C)Cc2ccccc2)c1C#N. The van der Waals surface area contributed by atoms with E-state index >= 15 is 0 Å². The Bertz CT molecular complexity index is 582. The molecule has 2 rings (SSSR count). The molecule has 0 bridgehead atoms. The second-order valence-electron chi connectivity index (χ2n) is 4.84. The molecule has 0 heterocycles. The molecule has 0 fully saturated rings. The molecule has 0 saturated carbocycles. The minimum Gasteiger partial charge on any atom is -0.381 e. The largest absolute Gasteiger partial charge is 0.381 e. The second-order valence-corrected chi connectivity index (χ2v) is 4.84. The van der Waals surface area contributed by atoms with Gasteiger partial charge in [-0.05, 0) is 37.5 Å². The predicted molar refractivity (Wildman–Crippen MR) is 79.1 cm³/mol. The molecular formula is C17H18N2. The average molecular weight is 250 g/mol. The Kier molecular flexibility index (Phi) is 4.20. The average Bonchev–Trinajstić information content (AvgIpc) is 2.40. The Morgan fingerprint density at radius 3 is 2.53 bits per heavy atom. The van der Waals surface area contributed by atoms with E-state index in [-0.39, 0.29) is 6.04 Å². The van der Waals surface area contributed by atoms with Crippen molar-refractivity contribution in [2.24, 2.45) is 0 Å². The van der Waals surface area contributed by atoms with Crippen LogP contribution in [0.25, 0.3) is 0 Å². The summed E-state index contributed by atoms with van der Waals surface area (Å²) in [4.78, 5) is 0. The first-order chi connectivity index (χ1) is 9.20. The number of nitriles is 1. The highest BCUT2D eigenvalue weighted by molar-refractivity contribution is 5.61. The Balaban J connectivity index is 2.10. The Morgan fingerprint density at radius 1 is 1.11 bits per heavy atom. The predicted octanol–water partition coefficient (Wildman–Crippen LogP) is 3.91. The van der Waals surface area contributed by atoms with Crippen LogP contribution in [0.1, 0.15) is 23.6 Å². The van der Waals surface area contributed by atoms with Crippen molar-refractivity contribution in [3.63, 3.8) is 0 Å². The molecule has 1 N–H and O–H groups in total. The molecular weight excluding hydrogens is 232 g/mol. The van der Waals surface area contributed by atoms with Gasteiger partial charge >= 0.3 is 0 Å². The highest BCUT2D eigenvalue weighted by atomic mass is 14.9. The lowest BCUT2D eigenvalue weighted by atomic mass is 10.0. The third-order valence-electron chi connectivity index (χ3n) is 3.17. The zero-order valence-electron chi connectivity index (χ0n) is 11.4. The molecule has 0 spiro atoms. The van der Waals surface area contributed by atoms with Crippen LogP contribution in [0.2, 0.25) is 0 Å². The molecule has 0 aliphatic carbocycles. The number of hydrogen-bond acceptors (Lipinski definition) is 2. The van der Waals surface area contributed by atoms with E-state index in [1.807, 2.05) is 31.2 Å². The van der Waals surface area contributed by atoms with Gasteiger partial charge in [-0.2, -0.15) is 5.26 Å². The Labute approximate surface area is 114 Å². The number of nitrogens with zero attached hydrogens (tertiary/aromatic N) is 1. The highest BCUT2D eigenvalue weighted by Gasteiger charge is 2.08. The van der Waals surface area contributed by atoms with Gasteiger partial charge < -0.3 is 5.32 Å². The molecule has 0 radical (unpaired) electrons. The highest BCUT2D eigenvalue weighted by Crippen LogP contribution is 2.20. The van der Waals surface area contributed by atoms with Gasteiger partial charge in [0, 0.05) is 6.04 Å². The van der Waals surface area contributed by atoms with Crippen molar-refractivity contribution in [2.45, 2.75) is 26.3 Å². The summed E-state index contributed by atoms with van der Waals surface area (Å²) in [6.45, 7) is 4.10. The lowest BCUT2D eigenvalue weighted by molar-refractivity contribution is 0.790. The van der Waals surface area contributed by atoms with Crippen LogP contribution in [0.15, 0.2) is 48.5 Å². The topological polar surface area (TPSA) is 35.8 Å². The molecule has 2 aromatic carbocycles. The van der Waals surface area contributed by atoms with E-state index in [1.54, 1.807) is 0 Å². The van der Waals surface area contributed by atoms with Crippen LogP contribution in [-0.4, -0.2) is 6.04 Å². The molecule has 0 amide bonds. The van der Waals surface area contributed by atoms with Crippen LogP contribution >= 0.6 is 0 Å². The fourth-order valence-corrected chi connectivity index (χ4v) is 2.22. The standard InChI is InChI=1S/C17H18N2/c1-13-7-6-10-17(16(13)12-18)19-14(2)11-15-8-4-3-5-9-15/h3-10,14,19H,11H2,1-2H3. The summed E-state index contributed by atoms with van der Waals surface area (Å²) >= 11 is 0. The minimum absolute atomic E-state index is 0.288. The number of benzene rings is 2. The van der Waals surface area contributed by atoms with Gasteiger partial charge in [-0.15, -0.1) is 0 Å². The molecule has 1 unspecified atom stereocenters. The molecule has 2 nitrogen and oxygen atoms in total. The van der Waals surface area contributed by atoms with E-state index in [1.165, 1.54) is 5.56 Å². The molecule has 19 heavy (non-hydrogen) atoms. The summed E-state index contributed by atoms with van der Waals surface area (Å²) in [7, 11) is 0. The van der Waals surface area contributed by atoms with Gasteiger partial charge in [-0.25, -0.2) is 0 Å². The second kappa shape index (κ2) is 6.06. The van der Waals surface area contributed by atoms with Gasteiger partial charge in [0.05, 0.1) is 11.3 Å². The van der Waals surface area contributed by atoms with E-state index in [0.29, 0.717) is 0 Å². The molecule has 0 aliphatic heterocycles. The zero-order valence-corrected chi connectivity index (χ0v) is 11.4. The third-order valence-corrected chi connectivity index (χ3v) is 3.17. The quantitative estimate of drug-likeness (QED) is 0.893. The number of nitrogens with one attached hydrogen (secondary N) is 1. The monoisotopic (exact) mass is 250 g/mol. The van der Waals surface area contributed by atoms with Crippen molar-refractivity contribution in [3.05, 3.63) is 65.2 Å². The van der Waals surface area contributed by atoms with Crippen molar-refractivity contribution in [1.82, 2.24) is 0 Å². The maximum absolute atomic E-state index is 9.21. The number of rotatable bonds is 4. The first-order valence-corrected chi connectivity index (χ1v) is 6.51. The van der Waals surface area contributed by atoms with Gasteiger partial charge in [0.15, 0.2) is 0 Å². The number of hydrogen-bond donors (Lipinski definition) is 1. The maximum Gasteiger partial charge on any atom is 0.102 e. The lowest BCUT2D eigenvalue weighted by Gasteiger charge is -2.17. The summed E-state index contributed by atoms with van der Waals surface area (Å²) in [5.74, 6) is 0. The van der Waals surface area contributed by atoms with Crippen molar-refractivity contribution in [1.29, 1.82) is 5.26 Å². The Morgan fingerprint density at radius 2 is 1.84 bits per heavy atom. The van der Waals surface area contributed by atoms with E-state index in [4.69, 9.17) is 0 Å². The van der Waals surface area contributed by atoms with Crippen molar-refractivity contribution >= 4 is 5.69 Å². The first kappa shape index (κ1) is 13.2. The van der Waals surface area contributed by atoms with Crippen molar-refractivity contribution < 1.29 is 0 Å². The zero-order chi connectivity index (χ0) is 13.7. The van der Waals surface area contributed by atoms with Gasteiger partial charge in [0.2, 0.25) is 0 Å². The van der Waals surface area contributed by atoms with Crippen LogP contribution in [0, 0.1) is 18.3 Å². The fourth-order valence-electron chi connectivity index (χ4n) is 2.22. The van der Waals surface area contributed by atoms with E-state index in [0.717, 1.165) is 23.2 Å². The molecule has 96 valence electrons. The van der Waals surface area contributed by atoms with Crippen LogP contribution in [-0.2, 0) is 6.42 Å². The summed E-state index contributed by atoms with van der Waals surface area (Å²) in [5.41, 5.74) is 3.97. The normalized spacial score (nSPS) is 11.6. The van der Waals surface area contributed by atoms with E-state index in [9.17, 15) is 5.26 Å². The van der Waals surface area contributed by atoms with Crippen LogP contribution in [0.5, 0.6) is 0 Å². The van der Waals surface area contributed by atoms with E-state index in [2.05, 4.69) is 42.6 Å². The smallest absolute Gasteiger partial charge is 0.102 e. The summed E-state index contributed by atoms with van der Waals surface area (Å²) in [6.07, 6.45) is 0.944. The van der Waals surface area contributed by atoms with Gasteiger partial charge in [-0.3, -0.25) is 0 Å². The van der Waals surface area contributed by atoms with Crippen molar-refractivity contribution in [2.75, 3.05) is 5.32 Å². The molecule has 2 aromatic rings. The molecule has 0 saturated heterocycles. The van der Waals surface area contributed by atoms with Crippen LogP contribution in [0.3, 0.4) is 0 Å². The third kappa shape index (κ3) is 3.35. The van der Waals surface area contributed by atoms with Gasteiger partial charge in [0.25, 0.3) is 0 Å². The summed E-state index contributed by atoms with van der Waals surface area (Å²) in [5, 5.41) is 12.6. The first-order valence-electron chi connectivity index (χ1n) is 6.51. The van der Waals surface area contributed by atoms with E-state index < -0.39 is 0 Å². The number of anilines is 1. The molecule has 1 atom stereocenters. The van der Waals surface area contributed by atoms with Gasteiger partial charge in [-0.1, -0.05) is 42.5 Å². The van der Waals surface area contributed by atoms with Crippen LogP contribution < -0.4 is 5.32 Å². The minimum atomic E-state index is 0.288. The van der Waals surface area contributed by atoms with Crippen molar-refractivity contribution in [3.8, 4) is 6.07 Å². The fraction of sp³-hybridized carbons (Fsp3) is 0.235. The summed E-state index contributed by atoms with van der Waals surface area (Å²) < 4.78 is 0. The lowest BCUT2D eigenvalue weighted by Crippen LogP contribution is -2.18. The maximum atomic E-state index is 9.21. The van der Waals surface area contributed by atoms with Gasteiger partial charge in [0.1, 0.15) is 6.07 Å². The number of aryl methyl sites for hydroxylation is 1. The van der Waals surface area contributed by atoms with Crippen LogP contribution in [0.4, 0.5) is 5.69 Å². The Hall–Kier alpha value is -2.27. The molecule has 2 heteroatoms. The molecule has 0 aromatic heterocycles.